The maximum atomic E-state index is 12.4. The average molecular weight is 483 g/mol. The Morgan fingerprint density at radius 3 is 2.09 bits per heavy atom. The summed E-state index contributed by atoms with van der Waals surface area (Å²) in [6.07, 6.45) is 1.37. The molecule has 0 aromatic heterocycles. The minimum Gasteiger partial charge on any atom is -0.480 e. The van der Waals surface area contributed by atoms with Crippen molar-refractivity contribution in [3.63, 3.8) is 0 Å². The van der Waals surface area contributed by atoms with Gasteiger partial charge >= 0.3 is 12.1 Å². The molecule has 0 saturated carbocycles. The maximum Gasteiger partial charge on any atom is 0.407 e. The standard InChI is InChI=1S/C27H34N2O6/c1-17(25(31)29-24(14-15-30)26(32)33)8-7-9-18(2)28-27(34)35-16-23-21-12-5-3-10-19(21)20-11-4-6-13-22(20)23/h3-6,10-13,17-18,23-24,30H,7-9,14-16H2,1-2H3,(H,28,34)(H,29,31)(H,32,33). The van der Waals surface area contributed by atoms with Crippen molar-refractivity contribution >= 4 is 18.0 Å². The fourth-order valence-corrected chi connectivity index (χ4v) is 4.48. The molecule has 8 nitrogen and oxygen atoms in total. The highest BCUT2D eigenvalue weighted by molar-refractivity contribution is 5.84. The first-order valence-corrected chi connectivity index (χ1v) is 12.1. The fraction of sp³-hybridized carbons (Fsp3) is 0.444. The first kappa shape index (κ1) is 26.2. The van der Waals surface area contributed by atoms with Gasteiger partial charge in [0.1, 0.15) is 12.6 Å². The van der Waals surface area contributed by atoms with E-state index in [0.717, 1.165) is 11.1 Å². The number of carboxylic acids is 1. The van der Waals surface area contributed by atoms with Gasteiger partial charge in [-0.2, -0.15) is 0 Å². The number of aliphatic hydroxyl groups is 1. The molecule has 0 radical (unpaired) electrons. The summed E-state index contributed by atoms with van der Waals surface area (Å²) >= 11 is 0. The van der Waals surface area contributed by atoms with Gasteiger partial charge < -0.3 is 25.6 Å². The van der Waals surface area contributed by atoms with Crippen molar-refractivity contribution in [1.82, 2.24) is 10.6 Å². The Balaban J connectivity index is 1.41. The molecule has 1 aliphatic carbocycles. The van der Waals surface area contributed by atoms with E-state index in [-0.39, 0.29) is 43.4 Å². The van der Waals surface area contributed by atoms with Crippen molar-refractivity contribution in [2.45, 2.75) is 57.5 Å². The van der Waals surface area contributed by atoms with Gasteiger partial charge in [0.25, 0.3) is 0 Å². The van der Waals surface area contributed by atoms with E-state index in [4.69, 9.17) is 14.9 Å². The van der Waals surface area contributed by atoms with E-state index in [9.17, 15) is 14.4 Å². The lowest BCUT2D eigenvalue weighted by Crippen LogP contribution is -2.43. The molecule has 2 aromatic carbocycles. The average Bonchev–Trinajstić information content (AvgIpc) is 3.16. The number of alkyl carbamates (subject to hydrolysis) is 1. The minimum absolute atomic E-state index is 0.00304. The van der Waals surface area contributed by atoms with Crippen LogP contribution in [0.4, 0.5) is 4.79 Å². The smallest absolute Gasteiger partial charge is 0.407 e. The number of nitrogens with one attached hydrogen (secondary N) is 2. The number of fused-ring (bicyclic) bond motifs is 3. The molecule has 3 atom stereocenters. The van der Waals surface area contributed by atoms with Gasteiger partial charge in [-0.15, -0.1) is 0 Å². The molecule has 0 saturated heterocycles. The number of aliphatic carboxylic acids is 1. The number of carbonyl (C=O) groups excluding carboxylic acids is 2. The predicted octanol–water partition coefficient (Wildman–Crippen LogP) is 3.67. The van der Waals surface area contributed by atoms with Crippen molar-refractivity contribution < 1.29 is 29.3 Å². The van der Waals surface area contributed by atoms with Crippen LogP contribution in [0.2, 0.25) is 0 Å². The van der Waals surface area contributed by atoms with Gasteiger partial charge in [0.2, 0.25) is 5.91 Å². The van der Waals surface area contributed by atoms with Crippen LogP contribution in [0.25, 0.3) is 11.1 Å². The van der Waals surface area contributed by atoms with E-state index in [0.29, 0.717) is 19.3 Å². The van der Waals surface area contributed by atoms with E-state index in [2.05, 4.69) is 34.9 Å². The summed E-state index contributed by atoms with van der Waals surface area (Å²) in [6, 6.07) is 15.1. The number of hydrogen-bond donors (Lipinski definition) is 4. The molecule has 8 heteroatoms. The SMILES string of the molecule is CC(CCCC(C)C(=O)NC(CCO)C(=O)O)NC(=O)OCC1c2ccccc2-c2ccccc21. The Morgan fingerprint density at radius 1 is 0.914 bits per heavy atom. The third-order valence-electron chi connectivity index (χ3n) is 6.46. The number of hydrogen-bond acceptors (Lipinski definition) is 5. The number of benzene rings is 2. The van der Waals surface area contributed by atoms with Crippen LogP contribution >= 0.6 is 0 Å². The molecule has 2 aromatic rings. The molecule has 0 aliphatic heterocycles. The topological polar surface area (TPSA) is 125 Å². The highest BCUT2D eigenvalue weighted by Crippen LogP contribution is 2.44. The quantitative estimate of drug-likeness (QED) is 0.366. The summed E-state index contributed by atoms with van der Waals surface area (Å²) in [6.45, 7) is 3.55. The summed E-state index contributed by atoms with van der Waals surface area (Å²) in [7, 11) is 0. The Hall–Kier alpha value is -3.39. The first-order chi connectivity index (χ1) is 16.8. The predicted molar refractivity (Wildman–Crippen MR) is 132 cm³/mol. The Kier molecular flexibility index (Phi) is 9.25. The molecule has 35 heavy (non-hydrogen) atoms. The van der Waals surface area contributed by atoms with Gasteiger partial charge in [0.15, 0.2) is 0 Å². The number of ether oxygens (including phenoxy) is 1. The van der Waals surface area contributed by atoms with E-state index in [1.165, 1.54) is 11.1 Å². The second-order valence-electron chi connectivity index (χ2n) is 9.11. The normalized spacial score (nSPS) is 14.8. The molecule has 0 spiro atoms. The Labute approximate surface area is 205 Å². The van der Waals surface area contributed by atoms with Gasteiger partial charge in [-0.3, -0.25) is 4.79 Å². The summed E-state index contributed by atoms with van der Waals surface area (Å²) in [5, 5.41) is 23.3. The van der Waals surface area contributed by atoms with Crippen molar-refractivity contribution in [3.8, 4) is 11.1 Å². The van der Waals surface area contributed by atoms with Gasteiger partial charge in [0.05, 0.1) is 0 Å². The van der Waals surface area contributed by atoms with Crippen molar-refractivity contribution in [1.29, 1.82) is 0 Å². The highest BCUT2D eigenvalue weighted by Gasteiger charge is 2.29. The second-order valence-corrected chi connectivity index (χ2v) is 9.11. The van der Waals surface area contributed by atoms with Crippen LogP contribution < -0.4 is 10.6 Å². The van der Waals surface area contributed by atoms with E-state index in [1.807, 2.05) is 31.2 Å². The molecule has 188 valence electrons. The second kappa shape index (κ2) is 12.4. The van der Waals surface area contributed by atoms with Crippen LogP contribution in [-0.2, 0) is 14.3 Å². The lowest BCUT2D eigenvalue weighted by molar-refractivity contribution is -0.142. The zero-order valence-electron chi connectivity index (χ0n) is 20.2. The molecule has 3 unspecified atom stereocenters. The van der Waals surface area contributed by atoms with Crippen molar-refractivity contribution in [2.24, 2.45) is 5.92 Å². The number of aliphatic hydroxyl groups excluding tert-OH is 1. The van der Waals surface area contributed by atoms with Crippen molar-refractivity contribution in [3.05, 3.63) is 59.7 Å². The largest absolute Gasteiger partial charge is 0.480 e. The third-order valence-corrected chi connectivity index (χ3v) is 6.46. The van der Waals surface area contributed by atoms with Gasteiger partial charge in [-0.25, -0.2) is 9.59 Å². The van der Waals surface area contributed by atoms with E-state index >= 15 is 0 Å². The molecule has 0 fully saturated rings. The zero-order valence-corrected chi connectivity index (χ0v) is 20.2. The summed E-state index contributed by atoms with van der Waals surface area (Å²) in [5.41, 5.74) is 4.67. The van der Waals surface area contributed by atoms with Crippen LogP contribution in [0, 0.1) is 5.92 Å². The third kappa shape index (κ3) is 6.82. The van der Waals surface area contributed by atoms with Crippen LogP contribution in [0.15, 0.2) is 48.5 Å². The molecule has 2 amide bonds. The maximum absolute atomic E-state index is 12.4. The fourth-order valence-electron chi connectivity index (χ4n) is 4.48. The monoisotopic (exact) mass is 482 g/mol. The summed E-state index contributed by atoms with van der Waals surface area (Å²) in [5.74, 6) is -1.90. The number of carbonyl (C=O) groups is 3. The zero-order chi connectivity index (χ0) is 25.4. The molecule has 1 aliphatic rings. The molecule has 0 heterocycles. The lowest BCUT2D eigenvalue weighted by atomic mass is 9.98. The molecular weight excluding hydrogens is 448 g/mol. The lowest BCUT2D eigenvalue weighted by Gasteiger charge is -2.19. The number of rotatable bonds is 12. The molecular formula is C27H34N2O6. The molecule has 4 N–H and O–H groups in total. The first-order valence-electron chi connectivity index (χ1n) is 12.1. The van der Waals surface area contributed by atoms with E-state index < -0.39 is 18.1 Å². The Morgan fingerprint density at radius 2 is 1.51 bits per heavy atom. The van der Waals surface area contributed by atoms with E-state index in [1.54, 1.807) is 6.92 Å². The number of carboxylic acid groups (broad SMARTS) is 1. The van der Waals surface area contributed by atoms with Crippen molar-refractivity contribution in [2.75, 3.05) is 13.2 Å². The molecule has 0 bridgehead atoms. The van der Waals surface area contributed by atoms with Crippen LogP contribution in [-0.4, -0.2) is 53.5 Å². The van der Waals surface area contributed by atoms with Crippen LogP contribution in [0.3, 0.4) is 0 Å². The van der Waals surface area contributed by atoms with Crippen LogP contribution in [0.1, 0.15) is 56.6 Å². The van der Waals surface area contributed by atoms with Crippen LogP contribution in [0.5, 0.6) is 0 Å². The summed E-state index contributed by atoms with van der Waals surface area (Å²) < 4.78 is 5.57. The summed E-state index contributed by atoms with van der Waals surface area (Å²) in [4.78, 5) is 35.8. The van der Waals surface area contributed by atoms with Gasteiger partial charge in [-0.05, 0) is 42.0 Å². The van der Waals surface area contributed by atoms with Gasteiger partial charge in [-0.1, -0.05) is 61.9 Å². The molecule has 3 rings (SSSR count). The minimum atomic E-state index is -1.17. The van der Waals surface area contributed by atoms with Gasteiger partial charge in [0, 0.05) is 30.9 Å². The highest BCUT2D eigenvalue weighted by atomic mass is 16.5. The Bertz CT molecular complexity index is 994. The number of amides is 2.